The van der Waals surface area contributed by atoms with Crippen molar-refractivity contribution < 1.29 is 9.21 Å². The Bertz CT molecular complexity index is 1210. The van der Waals surface area contributed by atoms with E-state index < -0.39 is 0 Å². The van der Waals surface area contributed by atoms with Gasteiger partial charge < -0.3 is 9.73 Å². The van der Waals surface area contributed by atoms with Crippen molar-refractivity contribution in [2.75, 3.05) is 5.32 Å². The average Bonchev–Trinajstić information content (AvgIpc) is 3.06. The number of benzene rings is 3. The van der Waals surface area contributed by atoms with Gasteiger partial charge in [0, 0.05) is 16.3 Å². The van der Waals surface area contributed by atoms with E-state index in [1.165, 1.54) is 0 Å². The molecule has 0 fully saturated rings. The predicted molar refractivity (Wildman–Crippen MR) is 113 cm³/mol. The molecule has 0 atom stereocenters. The minimum Gasteiger partial charge on any atom is -0.436 e. The molecule has 1 heterocycles. The molecule has 0 spiro atoms. The van der Waals surface area contributed by atoms with Gasteiger partial charge in [0.1, 0.15) is 5.52 Å². The van der Waals surface area contributed by atoms with Gasteiger partial charge in [0.05, 0.1) is 10.6 Å². The number of fused-ring (bicyclic) bond motifs is 1. The van der Waals surface area contributed by atoms with Gasteiger partial charge in [-0.2, -0.15) is 0 Å². The summed E-state index contributed by atoms with van der Waals surface area (Å²) in [5, 5.41) is 3.94. The van der Waals surface area contributed by atoms with E-state index in [1.54, 1.807) is 30.3 Å². The van der Waals surface area contributed by atoms with Crippen molar-refractivity contribution in [1.29, 1.82) is 0 Å². The smallest absolute Gasteiger partial charge is 0.257 e. The molecule has 0 aliphatic carbocycles. The number of nitrogens with zero attached hydrogens (tertiary/aromatic N) is 1. The van der Waals surface area contributed by atoms with Gasteiger partial charge in [-0.3, -0.25) is 4.79 Å². The Hall–Kier alpha value is -2.82. The molecule has 3 aromatic carbocycles. The number of aromatic nitrogens is 1. The highest BCUT2D eigenvalue weighted by Gasteiger charge is 2.16. The Morgan fingerprint density at radius 3 is 2.64 bits per heavy atom. The molecule has 0 saturated carbocycles. The van der Waals surface area contributed by atoms with E-state index in [2.05, 4.69) is 10.3 Å². The van der Waals surface area contributed by atoms with Crippen LogP contribution in [0.4, 0.5) is 5.69 Å². The lowest BCUT2D eigenvalue weighted by atomic mass is 10.1. The first-order valence-electron chi connectivity index (χ1n) is 8.66. The summed E-state index contributed by atoms with van der Waals surface area (Å²) >= 11 is 12.2. The van der Waals surface area contributed by atoms with Crippen molar-refractivity contribution >= 4 is 45.9 Å². The number of hydrogen-bond donors (Lipinski definition) is 1. The molecule has 0 unspecified atom stereocenters. The molecule has 4 nitrogen and oxygen atoms in total. The minimum absolute atomic E-state index is 0.269. The number of amides is 1. The quantitative estimate of drug-likeness (QED) is 0.410. The van der Waals surface area contributed by atoms with Crippen LogP contribution in [0.5, 0.6) is 0 Å². The van der Waals surface area contributed by atoms with Gasteiger partial charge in [0.25, 0.3) is 5.91 Å². The third kappa shape index (κ3) is 3.49. The maximum Gasteiger partial charge on any atom is 0.257 e. The molecule has 140 valence electrons. The zero-order valence-corrected chi connectivity index (χ0v) is 16.7. The van der Waals surface area contributed by atoms with Crippen LogP contribution in [0.1, 0.15) is 21.5 Å². The van der Waals surface area contributed by atoms with Crippen LogP contribution >= 0.6 is 23.2 Å². The molecule has 0 saturated heterocycles. The summed E-state index contributed by atoms with van der Waals surface area (Å²) in [6, 6.07) is 16.2. The number of nitrogens with one attached hydrogen (secondary N) is 1. The summed E-state index contributed by atoms with van der Waals surface area (Å²) in [4.78, 5) is 17.2. The van der Waals surface area contributed by atoms with E-state index in [0.29, 0.717) is 38.3 Å². The van der Waals surface area contributed by atoms with Crippen LogP contribution in [0.15, 0.2) is 59.0 Å². The van der Waals surface area contributed by atoms with Crippen LogP contribution in [-0.4, -0.2) is 10.9 Å². The van der Waals surface area contributed by atoms with Crippen LogP contribution in [-0.2, 0) is 0 Å². The lowest BCUT2D eigenvalue weighted by molar-refractivity contribution is 0.102. The van der Waals surface area contributed by atoms with Crippen molar-refractivity contribution in [3.63, 3.8) is 0 Å². The molecule has 1 amide bonds. The lowest BCUT2D eigenvalue weighted by Gasteiger charge is -2.12. The third-order valence-corrected chi connectivity index (χ3v) is 5.08. The molecule has 0 aliphatic rings. The second kappa shape index (κ2) is 7.30. The van der Waals surface area contributed by atoms with Gasteiger partial charge in [-0.25, -0.2) is 4.98 Å². The molecular weight excluding hydrogens is 395 g/mol. The van der Waals surface area contributed by atoms with Crippen molar-refractivity contribution in [1.82, 2.24) is 4.98 Å². The van der Waals surface area contributed by atoms with Gasteiger partial charge in [-0.05, 0) is 67.4 Å². The van der Waals surface area contributed by atoms with Gasteiger partial charge in [0.15, 0.2) is 5.58 Å². The average molecular weight is 411 g/mol. The van der Waals surface area contributed by atoms with Crippen LogP contribution in [0.3, 0.4) is 0 Å². The fourth-order valence-corrected chi connectivity index (χ4v) is 3.50. The summed E-state index contributed by atoms with van der Waals surface area (Å²) in [6.07, 6.45) is 0. The fourth-order valence-electron chi connectivity index (χ4n) is 3.01. The van der Waals surface area contributed by atoms with Gasteiger partial charge in [-0.15, -0.1) is 0 Å². The number of oxazole rings is 1. The minimum atomic E-state index is -0.269. The van der Waals surface area contributed by atoms with E-state index in [-0.39, 0.29) is 5.91 Å². The number of rotatable bonds is 3. The maximum atomic E-state index is 12.7. The Kier molecular flexibility index (Phi) is 4.84. The Morgan fingerprint density at radius 2 is 1.86 bits per heavy atom. The second-order valence-electron chi connectivity index (χ2n) is 6.55. The molecule has 1 N–H and O–H groups in total. The molecular formula is C22H16Cl2N2O2. The highest BCUT2D eigenvalue weighted by Crippen LogP contribution is 2.31. The largest absolute Gasteiger partial charge is 0.436 e. The monoisotopic (exact) mass is 410 g/mol. The fraction of sp³-hybridized carbons (Fsp3) is 0.0909. The highest BCUT2D eigenvalue weighted by molar-refractivity contribution is 6.34. The number of carbonyl (C=O) groups is 1. The summed E-state index contributed by atoms with van der Waals surface area (Å²) in [6.45, 7) is 3.83. The van der Waals surface area contributed by atoms with Crippen LogP contribution < -0.4 is 5.32 Å². The van der Waals surface area contributed by atoms with Crippen molar-refractivity contribution in [3.05, 3.63) is 81.3 Å². The molecule has 4 aromatic rings. The van der Waals surface area contributed by atoms with Gasteiger partial charge >= 0.3 is 0 Å². The number of hydrogen-bond acceptors (Lipinski definition) is 3. The summed E-state index contributed by atoms with van der Waals surface area (Å²) in [5.74, 6) is 0.203. The van der Waals surface area contributed by atoms with Gasteiger partial charge in [0.2, 0.25) is 5.89 Å². The van der Waals surface area contributed by atoms with E-state index in [9.17, 15) is 4.79 Å². The first kappa shape index (κ1) is 18.5. The van der Waals surface area contributed by atoms with Crippen LogP contribution in [0.2, 0.25) is 10.0 Å². The number of anilines is 1. The third-order valence-electron chi connectivity index (χ3n) is 4.53. The number of carbonyl (C=O) groups excluding carboxylic acids is 1. The van der Waals surface area contributed by atoms with Gasteiger partial charge in [-0.1, -0.05) is 35.3 Å². The summed E-state index contributed by atoms with van der Waals surface area (Å²) in [5.41, 5.74) is 5.06. The Balaban J connectivity index is 1.69. The maximum absolute atomic E-state index is 12.7. The molecule has 4 rings (SSSR count). The van der Waals surface area contributed by atoms with Crippen molar-refractivity contribution in [2.45, 2.75) is 13.8 Å². The van der Waals surface area contributed by atoms with Crippen molar-refractivity contribution in [2.24, 2.45) is 0 Å². The SMILES string of the molecule is Cc1ccc(C(=O)Nc2cccc(-c3nc4cc(Cl)ccc4o3)c2C)c(Cl)c1. The van der Waals surface area contributed by atoms with E-state index in [0.717, 1.165) is 16.7 Å². The Morgan fingerprint density at radius 1 is 1.04 bits per heavy atom. The Labute approximate surface area is 172 Å². The molecule has 1 aromatic heterocycles. The predicted octanol–water partition coefficient (Wildman–Crippen LogP) is 6.67. The summed E-state index contributed by atoms with van der Waals surface area (Å²) < 4.78 is 5.86. The highest BCUT2D eigenvalue weighted by atomic mass is 35.5. The number of aryl methyl sites for hydroxylation is 1. The van der Waals surface area contributed by atoms with E-state index in [4.69, 9.17) is 27.6 Å². The molecule has 0 bridgehead atoms. The molecule has 28 heavy (non-hydrogen) atoms. The number of halogens is 2. The lowest BCUT2D eigenvalue weighted by Crippen LogP contribution is -2.13. The topological polar surface area (TPSA) is 55.1 Å². The molecule has 0 aliphatic heterocycles. The normalized spacial score (nSPS) is 11.0. The van der Waals surface area contributed by atoms with E-state index in [1.807, 2.05) is 38.1 Å². The standard InChI is InChI=1S/C22H16Cl2N2O2/c1-12-6-8-16(17(24)10-12)21(27)25-18-5-3-4-15(13(18)2)22-26-19-11-14(23)7-9-20(19)28-22/h3-11H,1-2H3,(H,25,27). The first-order valence-corrected chi connectivity index (χ1v) is 9.41. The van der Waals surface area contributed by atoms with E-state index >= 15 is 0 Å². The zero-order valence-electron chi connectivity index (χ0n) is 15.2. The zero-order chi connectivity index (χ0) is 19.8. The van der Waals surface area contributed by atoms with Crippen LogP contribution in [0.25, 0.3) is 22.6 Å². The molecule has 0 radical (unpaired) electrons. The van der Waals surface area contributed by atoms with Crippen molar-refractivity contribution in [3.8, 4) is 11.5 Å². The molecule has 6 heteroatoms. The second-order valence-corrected chi connectivity index (χ2v) is 7.39. The summed E-state index contributed by atoms with van der Waals surface area (Å²) in [7, 11) is 0. The van der Waals surface area contributed by atoms with Crippen LogP contribution in [0, 0.1) is 13.8 Å². The first-order chi connectivity index (χ1) is 13.4.